The van der Waals surface area contributed by atoms with E-state index in [1.54, 1.807) is 6.92 Å². The molecule has 1 aromatic carbocycles. The summed E-state index contributed by atoms with van der Waals surface area (Å²) in [6.45, 7) is 4.14. The Hall–Kier alpha value is -2.58. The molecule has 0 N–H and O–H groups in total. The Kier molecular flexibility index (Phi) is 5.00. The van der Waals surface area contributed by atoms with E-state index in [-0.39, 0.29) is 11.7 Å². The number of thioether (sulfide) groups is 1. The highest BCUT2D eigenvalue weighted by Crippen LogP contribution is 2.38. The number of carbonyl (C=O) groups is 1. The summed E-state index contributed by atoms with van der Waals surface area (Å²) < 4.78 is 5.92. The quantitative estimate of drug-likeness (QED) is 0.283. The maximum Gasteiger partial charge on any atom is 0.316 e. The van der Waals surface area contributed by atoms with Crippen LogP contribution in [0.5, 0.6) is 0 Å². The lowest BCUT2D eigenvalue weighted by molar-refractivity contribution is -0.139. The van der Waals surface area contributed by atoms with E-state index in [9.17, 15) is 4.79 Å². The molecule has 0 aliphatic carbocycles. The van der Waals surface area contributed by atoms with Gasteiger partial charge in [0.05, 0.1) is 33.7 Å². The number of aromatic nitrogens is 4. The van der Waals surface area contributed by atoms with Crippen molar-refractivity contribution in [2.45, 2.75) is 18.9 Å². The van der Waals surface area contributed by atoms with Crippen LogP contribution in [0.2, 0.25) is 0 Å². The smallest absolute Gasteiger partial charge is 0.316 e. The molecular weight excluding hydrogens is 380 g/mol. The van der Waals surface area contributed by atoms with E-state index < -0.39 is 0 Å². The molecule has 3 aromatic heterocycles. The summed E-state index contributed by atoms with van der Waals surface area (Å²) >= 11 is 2.88. The molecule has 27 heavy (non-hydrogen) atoms. The van der Waals surface area contributed by atoms with Crippen LogP contribution in [0.15, 0.2) is 41.7 Å². The van der Waals surface area contributed by atoms with Gasteiger partial charge in [-0.2, -0.15) is 0 Å². The van der Waals surface area contributed by atoms with Gasteiger partial charge in [-0.05, 0) is 13.8 Å². The maximum atomic E-state index is 11.7. The first-order chi connectivity index (χ1) is 13.2. The Bertz CT molecular complexity index is 1130. The summed E-state index contributed by atoms with van der Waals surface area (Å²) in [5.74, 6) is 0.659. The van der Waals surface area contributed by atoms with Crippen LogP contribution in [0.1, 0.15) is 12.6 Å². The van der Waals surface area contributed by atoms with Crippen molar-refractivity contribution >= 4 is 49.5 Å². The van der Waals surface area contributed by atoms with Crippen molar-refractivity contribution in [3.63, 3.8) is 0 Å². The largest absolute Gasteiger partial charge is 0.465 e. The van der Waals surface area contributed by atoms with E-state index in [0.717, 1.165) is 36.7 Å². The van der Waals surface area contributed by atoms with Crippen LogP contribution in [0, 0.1) is 6.92 Å². The van der Waals surface area contributed by atoms with Gasteiger partial charge in [-0.1, -0.05) is 42.1 Å². The minimum atomic E-state index is -0.252. The number of rotatable bonds is 5. The third-order valence-electron chi connectivity index (χ3n) is 3.93. The highest BCUT2D eigenvalue weighted by molar-refractivity contribution is 8.00. The van der Waals surface area contributed by atoms with E-state index in [1.807, 2.05) is 37.3 Å². The van der Waals surface area contributed by atoms with Gasteiger partial charge < -0.3 is 4.74 Å². The fourth-order valence-corrected chi connectivity index (χ4v) is 4.82. The van der Waals surface area contributed by atoms with Gasteiger partial charge in [0.2, 0.25) is 0 Å². The molecule has 6 nitrogen and oxygen atoms in total. The fraction of sp³-hybridized carbons (Fsp3) is 0.211. The first kappa shape index (κ1) is 17.8. The zero-order valence-electron chi connectivity index (χ0n) is 14.8. The molecule has 0 unspecified atom stereocenters. The number of carbonyl (C=O) groups excluding carboxylic acids is 1. The third-order valence-corrected chi connectivity index (χ3v) is 6.10. The lowest BCUT2D eigenvalue weighted by atomic mass is 10.2. The van der Waals surface area contributed by atoms with E-state index in [1.165, 1.54) is 29.4 Å². The molecule has 4 rings (SSSR count). The summed E-state index contributed by atoms with van der Waals surface area (Å²) in [4.78, 5) is 30.8. The number of fused-ring (bicyclic) bond motifs is 3. The molecule has 0 saturated carbocycles. The Morgan fingerprint density at radius 2 is 2.00 bits per heavy atom. The molecule has 0 aliphatic heterocycles. The van der Waals surface area contributed by atoms with Crippen LogP contribution < -0.4 is 0 Å². The van der Waals surface area contributed by atoms with Crippen molar-refractivity contribution in [2.24, 2.45) is 0 Å². The minimum absolute atomic E-state index is 0.216. The molecule has 4 aromatic rings. The summed E-state index contributed by atoms with van der Waals surface area (Å²) in [5.41, 5.74) is 2.68. The summed E-state index contributed by atoms with van der Waals surface area (Å²) in [6, 6.07) is 9.90. The van der Waals surface area contributed by atoms with Gasteiger partial charge in [-0.15, -0.1) is 11.3 Å². The lowest BCUT2D eigenvalue weighted by Crippen LogP contribution is -2.06. The average molecular weight is 396 g/mol. The summed E-state index contributed by atoms with van der Waals surface area (Å²) in [5, 5.41) is 1.70. The number of aryl methyl sites for hydroxylation is 1. The second kappa shape index (κ2) is 7.58. The molecular formula is C19H16N4O2S2. The van der Waals surface area contributed by atoms with Gasteiger partial charge in [-0.25, -0.2) is 19.9 Å². The van der Waals surface area contributed by atoms with Crippen LogP contribution in [0.25, 0.3) is 31.8 Å². The van der Waals surface area contributed by atoms with Gasteiger partial charge in [0.15, 0.2) is 5.82 Å². The summed E-state index contributed by atoms with van der Waals surface area (Å²) in [7, 11) is 0. The average Bonchev–Trinajstić information content (AvgIpc) is 3.07. The van der Waals surface area contributed by atoms with Crippen LogP contribution in [-0.2, 0) is 9.53 Å². The lowest BCUT2D eigenvalue weighted by Gasteiger charge is -2.03. The number of thiophene rings is 1. The molecule has 0 fully saturated rings. The fourth-order valence-electron chi connectivity index (χ4n) is 2.77. The van der Waals surface area contributed by atoms with E-state index >= 15 is 0 Å². The Balaban J connectivity index is 1.79. The van der Waals surface area contributed by atoms with Gasteiger partial charge in [0.1, 0.15) is 16.2 Å². The van der Waals surface area contributed by atoms with Crippen LogP contribution in [0.4, 0.5) is 0 Å². The molecule has 136 valence electrons. The second-order valence-corrected chi connectivity index (χ2v) is 7.69. The third kappa shape index (κ3) is 3.50. The molecule has 0 bridgehead atoms. The highest BCUT2D eigenvalue weighted by atomic mass is 32.2. The van der Waals surface area contributed by atoms with E-state index in [2.05, 4.69) is 15.0 Å². The monoisotopic (exact) mass is 396 g/mol. The van der Waals surface area contributed by atoms with Gasteiger partial charge in [0, 0.05) is 5.56 Å². The molecule has 3 heterocycles. The molecule has 0 saturated heterocycles. The van der Waals surface area contributed by atoms with Gasteiger partial charge >= 0.3 is 5.97 Å². The first-order valence-electron chi connectivity index (χ1n) is 8.43. The SMILES string of the molecule is CCOC(=O)CSc1ncnc2c1sc1nc(-c3ccccc3)nc(C)c12. The number of nitrogens with zero attached hydrogens (tertiary/aromatic N) is 4. The predicted molar refractivity (Wildman–Crippen MR) is 108 cm³/mol. The van der Waals surface area contributed by atoms with E-state index in [0.29, 0.717) is 12.4 Å². The number of esters is 1. The standard InChI is InChI=1S/C19H16N4O2S2/c1-3-25-13(24)9-26-19-16-15(20-10-21-19)14-11(2)22-17(23-18(14)27-16)12-7-5-4-6-8-12/h4-8,10H,3,9H2,1-2H3. The number of ether oxygens (including phenoxy) is 1. The van der Waals surface area contributed by atoms with Crippen LogP contribution >= 0.6 is 23.1 Å². The highest BCUT2D eigenvalue weighted by Gasteiger charge is 2.17. The molecule has 0 atom stereocenters. The Labute approximate surface area is 164 Å². The summed E-state index contributed by atoms with van der Waals surface area (Å²) in [6.07, 6.45) is 1.52. The first-order valence-corrected chi connectivity index (χ1v) is 10.2. The topological polar surface area (TPSA) is 77.9 Å². The maximum absolute atomic E-state index is 11.7. The van der Waals surface area contributed by atoms with Crippen LogP contribution in [-0.4, -0.2) is 38.3 Å². The molecule has 0 radical (unpaired) electrons. The van der Waals surface area contributed by atoms with Crippen molar-refractivity contribution in [3.8, 4) is 11.4 Å². The molecule has 8 heteroatoms. The number of hydrogen-bond donors (Lipinski definition) is 0. The van der Waals surface area contributed by atoms with Gasteiger partial charge in [0.25, 0.3) is 0 Å². The van der Waals surface area contributed by atoms with Crippen molar-refractivity contribution in [1.82, 2.24) is 19.9 Å². The zero-order chi connectivity index (χ0) is 18.8. The molecule has 0 aliphatic rings. The number of benzene rings is 1. The van der Waals surface area contributed by atoms with E-state index in [4.69, 9.17) is 9.72 Å². The van der Waals surface area contributed by atoms with Crippen molar-refractivity contribution < 1.29 is 9.53 Å². The Morgan fingerprint density at radius 1 is 1.19 bits per heavy atom. The number of hydrogen-bond acceptors (Lipinski definition) is 8. The van der Waals surface area contributed by atoms with Crippen molar-refractivity contribution in [3.05, 3.63) is 42.4 Å². The van der Waals surface area contributed by atoms with Crippen molar-refractivity contribution in [1.29, 1.82) is 0 Å². The minimum Gasteiger partial charge on any atom is -0.465 e. The molecule has 0 spiro atoms. The zero-order valence-corrected chi connectivity index (χ0v) is 16.4. The van der Waals surface area contributed by atoms with Crippen LogP contribution in [0.3, 0.4) is 0 Å². The van der Waals surface area contributed by atoms with Crippen molar-refractivity contribution in [2.75, 3.05) is 12.4 Å². The Morgan fingerprint density at radius 3 is 2.78 bits per heavy atom. The second-order valence-electron chi connectivity index (χ2n) is 5.73. The normalized spacial score (nSPS) is 11.2. The predicted octanol–water partition coefficient (Wildman–Crippen LogP) is 4.27. The van der Waals surface area contributed by atoms with Gasteiger partial charge in [-0.3, -0.25) is 4.79 Å². The molecule has 0 amide bonds.